The van der Waals surface area contributed by atoms with Gasteiger partial charge in [0.1, 0.15) is 5.82 Å². The van der Waals surface area contributed by atoms with Gasteiger partial charge >= 0.3 is 0 Å². The number of hydrogen-bond acceptors (Lipinski definition) is 1. The summed E-state index contributed by atoms with van der Waals surface area (Å²) in [6, 6.07) is 12.0. The number of aromatic amines is 1. The fourth-order valence-electron chi connectivity index (χ4n) is 4.39. The van der Waals surface area contributed by atoms with Crippen LogP contribution in [0.5, 0.6) is 0 Å². The summed E-state index contributed by atoms with van der Waals surface area (Å²) in [7, 11) is 0. The normalized spacial score (nSPS) is 12.8. The summed E-state index contributed by atoms with van der Waals surface area (Å²) in [5.74, 6) is -0.0791. The van der Waals surface area contributed by atoms with E-state index in [1.54, 1.807) is 6.07 Å². The van der Waals surface area contributed by atoms with E-state index in [1.807, 2.05) is 39.8 Å². The number of benzene rings is 2. The maximum absolute atomic E-state index is 14.8. The van der Waals surface area contributed by atoms with Crippen molar-refractivity contribution in [2.75, 3.05) is 0 Å². The summed E-state index contributed by atoms with van der Waals surface area (Å²) in [4.78, 5) is 0. The monoisotopic (exact) mass is 424 g/mol. The number of nitrogens with one attached hydrogen (secondary N) is 1. The second kappa shape index (κ2) is 8.22. The number of H-pyrrole nitrogens is 1. The summed E-state index contributed by atoms with van der Waals surface area (Å²) in [5.41, 5.74) is 4.58. The van der Waals surface area contributed by atoms with Gasteiger partial charge in [-0.3, -0.25) is 5.10 Å². The second-order valence-electron chi connectivity index (χ2n) is 10.2. The van der Waals surface area contributed by atoms with Gasteiger partial charge in [0.05, 0.1) is 11.9 Å². The molecule has 0 atom stereocenters. The van der Waals surface area contributed by atoms with E-state index in [9.17, 15) is 8.78 Å². The first-order valence-corrected chi connectivity index (χ1v) is 11.0. The molecule has 0 spiro atoms. The molecule has 2 aromatic carbocycles. The van der Waals surface area contributed by atoms with Gasteiger partial charge in [-0.1, -0.05) is 85.7 Å². The van der Waals surface area contributed by atoms with Crippen molar-refractivity contribution in [2.24, 2.45) is 0 Å². The minimum absolute atomic E-state index is 0.146. The fourth-order valence-corrected chi connectivity index (χ4v) is 4.39. The van der Waals surface area contributed by atoms with Crippen molar-refractivity contribution in [1.29, 1.82) is 0 Å². The molecular formula is C27H34F2N2. The molecule has 0 radical (unpaired) electrons. The zero-order chi connectivity index (χ0) is 23.1. The summed E-state index contributed by atoms with van der Waals surface area (Å²) >= 11 is 0. The summed E-state index contributed by atoms with van der Waals surface area (Å²) < 4.78 is 29.1. The largest absolute Gasteiger partial charge is 0.279 e. The van der Waals surface area contributed by atoms with Crippen LogP contribution in [0.2, 0.25) is 0 Å². The SMILES string of the molecule is CC(C)c1ccc(C(C)(C)c2ccc(C(C)(C)c3[nH]ncc3F)cc2C(C)C)cc1F. The lowest BCUT2D eigenvalue weighted by atomic mass is 9.71. The predicted octanol–water partition coefficient (Wildman–Crippen LogP) is 7.59. The highest BCUT2D eigenvalue weighted by atomic mass is 19.1. The van der Waals surface area contributed by atoms with Gasteiger partial charge < -0.3 is 0 Å². The highest BCUT2D eigenvalue weighted by Crippen LogP contribution is 2.40. The van der Waals surface area contributed by atoms with Crippen LogP contribution in [0, 0.1) is 11.6 Å². The lowest BCUT2D eigenvalue weighted by Gasteiger charge is -2.32. The molecular weight excluding hydrogens is 390 g/mol. The van der Waals surface area contributed by atoms with E-state index in [1.165, 1.54) is 11.8 Å². The molecule has 0 unspecified atom stereocenters. The summed E-state index contributed by atoms with van der Waals surface area (Å²) in [6.07, 6.45) is 1.22. The van der Waals surface area contributed by atoms with Crippen LogP contribution < -0.4 is 0 Å². The van der Waals surface area contributed by atoms with Crippen LogP contribution in [0.15, 0.2) is 42.6 Å². The van der Waals surface area contributed by atoms with Gasteiger partial charge in [0.25, 0.3) is 0 Å². The molecule has 3 aromatic rings. The molecule has 4 heteroatoms. The fraction of sp³-hybridized carbons (Fsp3) is 0.444. The van der Waals surface area contributed by atoms with E-state index in [2.05, 4.69) is 56.1 Å². The number of aromatic nitrogens is 2. The summed E-state index contributed by atoms with van der Waals surface area (Å²) in [6.45, 7) is 16.6. The van der Waals surface area contributed by atoms with E-state index in [0.29, 0.717) is 5.69 Å². The topological polar surface area (TPSA) is 28.7 Å². The minimum atomic E-state index is -0.558. The van der Waals surface area contributed by atoms with E-state index >= 15 is 0 Å². The molecule has 3 rings (SSSR count). The van der Waals surface area contributed by atoms with Gasteiger partial charge in [-0.15, -0.1) is 0 Å². The van der Waals surface area contributed by atoms with Crippen LogP contribution in [-0.2, 0) is 10.8 Å². The molecule has 0 aliphatic rings. The van der Waals surface area contributed by atoms with E-state index < -0.39 is 5.41 Å². The Balaban J connectivity index is 2.11. The zero-order valence-corrected chi connectivity index (χ0v) is 19.9. The first-order valence-electron chi connectivity index (χ1n) is 11.0. The van der Waals surface area contributed by atoms with Crippen molar-refractivity contribution in [1.82, 2.24) is 10.2 Å². The highest BCUT2D eigenvalue weighted by molar-refractivity contribution is 5.48. The molecule has 1 aromatic heterocycles. The van der Waals surface area contributed by atoms with Crippen molar-refractivity contribution in [3.8, 4) is 0 Å². The minimum Gasteiger partial charge on any atom is -0.279 e. The molecule has 0 fully saturated rings. The number of rotatable bonds is 6. The van der Waals surface area contributed by atoms with Crippen LogP contribution in [0.4, 0.5) is 8.78 Å². The van der Waals surface area contributed by atoms with Crippen molar-refractivity contribution in [2.45, 2.75) is 78.1 Å². The molecule has 0 bridgehead atoms. The van der Waals surface area contributed by atoms with E-state index in [4.69, 9.17) is 0 Å². The van der Waals surface area contributed by atoms with Gasteiger partial charge in [-0.05, 0) is 45.7 Å². The summed E-state index contributed by atoms with van der Waals surface area (Å²) in [5, 5.41) is 6.68. The second-order valence-corrected chi connectivity index (χ2v) is 10.2. The molecule has 0 aliphatic carbocycles. The first-order chi connectivity index (χ1) is 14.4. The third-order valence-electron chi connectivity index (χ3n) is 6.63. The van der Waals surface area contributed by atoms with E-state index in [-0.39, 0.29) is 28.9 Å². The highest BCUT2D eigenvalue weighted by Gasteiger charge is 2.32. The maximum Gasteiger partial charge on any atom is 0.164 e. The Bertz CT molecular complexity index is 1070. The Hall–Kier alpha value is -2.49. The van der Waals surface area contributed by atoms with Crippen molar-refractivity contribution in [3.63, 3.8) is 0 Å². The molecule has 0 amide bonds. The number of hydrogen-bond donors (Lipinski definition) is 1. The molecule has 2 nitrogen and oxygen atoms in total. The average Bonchev–Trinajstić information content (AvgIpc) is 3.13. The Morgan fingerprint density at radius 2 is 1.32 bits per heavy atom. The van der Waals surface area contributed by atoms with Crippen molar-refractivity contribution in [3.05, 3.63) is 87.7 Å². The molecule has 166 valence electrons. The van der Waals surface area contributed by atoms with Crippen LogP contribution in [0.1, 0.15) is 101 Å². The third-order valence-corrected chi connectivity index (χ3v) is 6.63. The Morgan fingerprint density at radius 1 is 0.742 bits per heavy atom. The molecule has 0 saturated carbocycles. The van der Waals surface area contributed by atoms with Crippen LogP contribution in [0.3, 0.4) is 0 Å². The van der Waals surface area contributed by atoms with Crippen LogP contribution >= 0.6 is 0 Å². The Kier molecular flexibility index (Phi) is 6.14. The standard InChI is InChI=1S/C27H34F2N2/c1-16(2)20-11-9-19(14-23(20)28)26(5,6)22-12-10-18(13-21(22)17(3)4)27(7,8)25-24(29)15-30-31-25/h9-17H,1-8H3,(H,30,31). The average molecular weight is 425 g/mol. The number of halogens is 2. The third kappa shape index (κ3) is 4.17. The van der Waals surface area contributed by atoms with Gasteiger partial charge in [0.15, 0.2) is 5.82 Å². The molecule has 0 saturated heterocycles. The van der Waals surface area contributed by atoms with Gasteiger partial charge in [-0.25, -0.2) is 8.78 Å². The molecule has 0 aliphatic heterocycles. The Labute approximate surface area is 185 Å². The van der Waals surface area contributed by atoms with Crippen LogP contribution in [-0.4, -0.2) is 10.2 Å². The molecule has 1 N–H and O–H groups in total. The van der Waals surface area contributed by atoms with Crippen molar-refractivity contribution >= 4 is 0 Å². The predicted molar refractivity (Wildman–Crippen MR) is 124 cm³/mol. The maximum atomic E-state index is 14.8. The van der Waals surface area contributed by atoms with Gasteiger partial charge in [0.2, 0.25) is 0 Å². The lowest BCUT2D eigenvalue weighted by molar-refractivity contribution is 0.537. The zero-order valence-electron chi connectivity index (χ0n) is 19.9. The number of nitrogens with zero attached hydrogens (tertiary/aromatic N) is 1. The van der Waals surface area contributed by atoms with Gasteiger partial charge in [0, 0.05) is 10.8 Å². The quantitative estimate of drug-likeness (QED) is 0.434. The lowest BCUT2D eigenvalue weighted by Crippen LogP contribution is -2.25. The molecule has 31 heavy (non-hydrogen) atoms. The Morgan fingerprint density at radius 3 is 1.84 bits per heavy atom. The molecule has 1 heterocycles. The van der Waals surface area contributed by atoms with Crippen LogP contribution in [0.25, 0.3) is 0 Å². The first kappa shape index (κ1) is 23.2. The smallest absolute Gasteiger partial charge is 0.164 e. The van der Waals surface area contributed by atoms with Crippen molar-refractivity contribution < 1.29 is 8.78 Å². The van der Waals surface area contributed by atoms with Gasteiger partial charge in [-0.2, -0.15) is 5.10 Å². The van der Waals surface area contributed by atoms with E-state index in [0.717, 1.165) is 22.3 Å².